The summed E-state index contributed by atoms with van der Waals surface area (Å²) in [4.78, 5) is 15.5. The number of halogens is 1. The zero-order valence-corrected chi connectivity index (χ0v) is 7.26. The van der Waals surface area contributed by atoms with Crippen molar-refractivity contribution in [2.45, 2.75) is 6.67 Å². The standard InChI is InChI=1S/C9H7FN4/c10-3-9-12-4-7(5-13-9)8-1-2-11-6-14-8/h1-2,4-6H,3H2. The highest BCUT2D eigenvalue weighted by Crippen LogP contribution is 2.12. The molecule has 0 saturated heterocycles. The average Bonchev–Trinajstić information content (AvgIpc) is 2.30. The minimum absolute atomic E-state index is 0.183. The van der Waals surface area contributed by atoms with Gasteiger partial charge in [0.2, 0.25) is 0 Å². The van der Waals surface area contributed by atoms with Gasteiger partial charge in [-0.15, -0.1) is 0 Å². The van der Waals surface area contributed by atoms with Crippen LogP contribution in [0.4, 0.5) is 4.39 Å². The van der Waals surface area contributed by atoms with Crippen molar-refractivity contribution in [1.82, 2.24) is 19.9 Å². The van der Waals surface area contributed by atoms with E-state index < -0.39 is 6.67 Å². The van der Waals surface area contributed by atoms with Crippen LogP contribution >= 0.6 is 0 Å². The molecule has 4 nitrogen and oxygen atoms in total. The molecular formula is C9H7FN4. The fraction of sp³-hybridized carbons (Fsp3) is 0.111. The van der Waals surface area contributed by atoms with Gasteiger partial charge < -0.3 is 0 Å². The fourth-order valence-corrected chi connectivity index (χ4v) is 1.02. The molecule has 70 valence electrons. The van der Waals surface area contributed by atoms with Crippen LogP contribution in [0.3, 0.4) is 0 Å². The van der Waals surface area contributed by atoms with E-state index in [0.29, 0.717) is 0 Å². The first-order valence-corrected chi connectivity index (χ1v) is 4.03. The zero-order chi connectivity index (χ0) is 9.80. The summed E-state index contributed by atoms with van der Waals surface area (Å²) in [6.45, 7) is -0.649. The SMILES string of the molecule is FCc1ncc(-c2ccncn2)cn1. The smallest absolute Gasteiger partial charge is 0.159 e. The van der Waals surface area contributed by atoms with Crippen molar-refractivity contribution in [2.24, 2.45) is 0 Å². The summed E-state index contributed by atoms with van der Waals surface area (Å²) in [6.07, 6.45) is 6.16. The van der Waals surface area contributed by atoms with Crippen LogP contribution in [0.1, 0.15) is 5.82 Å². The zero-order valence-electron chi connectivity index (χ0n) is 7.26. The number of rotatable bonds is 2. The quantitative estimate of drug-likeness (QED) is 0.718. The first-order chi connectivity index (χ1) is 6.90. The molecule has 0 saturated carbocycles. The van der Waals surface area contributed by atoms with E-state index in [4.69, 9.17) is 0 Å². The Morgan fingerprint density at radius 1 is 1.14 bits per heavy atom. The summed E-state index contributed by atoms with van der Waals surface area (Å²) in [6, 6.07) is 1.74. The van der Waals surface area contributed by atoms with Gasteiger partial charge in [0, 0.05) is 24.2 Å². The average molecular weight is 190 g/mol. The van der Waals surface area contributed by atoms with Crippen LogP contribution in [0.25, 0.3) is 11.3 Å². The minimum atomic E-state index is -0.649. The predicted molar refractivity (Wildman–Crippen MR) is 47.9 cm³/mol. The Hall–Kier alpha value is -1.91. The van der Waals surface area contributed by atoms with Crippen molar-refractivity contribution in [3.63, 3.8) is 0 Å². The van der Waals surface area contributed by atoms with Crippen molar-refractivity contribution in [3.8, 4) is 11.3 Å². The van der Waals surface area contributed by atoms with Gasteiger partial charge in [-0.05, 0) is 6.07 Å². The summed E-state index contributed by atoms with van der Waals surface area (Å²) >= 11 is 0. The van der Waals surface area contributed by atoms with Crippen LogP contribution in [0.2, 0.25) is 0 Å². The molecule has 0 aliphatic heterocycles. The minimum Gasteiger partial charge on any atom is -0.245 e. The molecule has 2 aromatic heterocycles. The molecule has 2 heterocycles. The molecule has 0 fully saturated rings. The molecule has 0 radical (unpaired) electrons. The molecule has 2 aromatic rings. The summed E-state index contributed by atoms with van der Waals surface area (Å²) in [5.74, 6) is 0.183. The number of hydrogen-bond donors (Lipinski definition) is 0. The summed E-state index contributed by atoms with van der Waals surface area (Å²) in [5, 5.41) is 0. The summed E-state index contributed by atoms with van der Waals surface area (Å²) < 4.78 is 12.1. The lowest BCUT2D eigenvalue weighted by Crippen LogP contribution is -1.92. The van der Waals surface area contributed by atoms with E-state index in [2.05, 4.69) is 19.9 Å². The maximum atomic E-state index is 12.1. The third-order valence-corrected chi connectivity index (χ3v) is 1.70. The first kappa shape index (κ1) is 8.68. The van der Waals surface area contributed by atoms with E-state index in [-0.39, 0.29) is 5.82 Å². The highest BCUT2D eigenvalue weighted by molar-refractivity contribution is 5.55. The molecule has 0 aliphatic rings. The first-order valence-electron chi connectivity index (χ1n) is 4.03. The van der Waals surface area contributed by atoms with Gasteiger partial charge in [0.1, 0.15) is 13.0 Å². The monoisotopic (exact) mass is 190 g/mol. The normalized spacial score (nSPS) is 10.1. The molecule has 0 aromatic carbocycles. The second kappa shape index (κ2) is 3.87. The Kier molecular flexibility index (Phi) is 2.40. The number of alkyl halides is 1. The van der Waals surface area contributed by atoms with Crippen LogP contribution in [0.15, 0.2) is 31.0 Å². The second-order valence-corrected chi connectivity index (χ2v) is 2.62. The molecule has 2 rings (SSSR count). The van der Waals surface area contributed by atoms with E-state index in [1.807, 2.05) is 0 Å². The molecule has 0 aliphatic carbocycles. The fourth-order valence-electron chi connectivity index (χ4n) is 1.02. The summed E-state index contributed by atoms with van der Waals surface area (Å²) in [5.41, 5.74) is 1.48. The van der Waals surface area contributed by atoms with Gasteiger partial charge in [-0.2, -0.15) is 0 Å². The van der Waals surface area contributed by atoms with Gasteiger partial charge in [0.25, 0.3) is 0 Å². The maximum Gasteiger partial charge on any atom is 0.159 e. The number of hydrogen-bond acceptors (Lipinski definition) is 4. The highest BCUT2D eigenvalue weighted by Gasteiger charge is 2.00. The molecule has 0 amide bonds. The Balaban J connectivity index is 2.34. The third kappa shape index (κ3) is 1.71. The van der Waals surface area contributed by atoms with Gasteiger partial charge in [-0.3, -0.25) is 0 Å². The van der Waals surface area contributed by atoms with E-state index in [0.717, 1.165) is 11.3 Å². The Bertz CT molecular complexity index is 401. The Morgan fingerprint density at radius 2 is 1.93 bits per heavy atom. The van der Waals surface area contributed by atoms with Crippen LogP contribution in [-0.4, -0.2) is 19.9 Å². The number of nitrogens with zero attached hydrogens (tertiary/aromatic N) is 4. The maximum absolute atomic E-state index is 12.1. The third-order valence-electron chi connectivity index (χ3n) is 1.70. The highest BCUT2D eigenvalue weighted by atomic mass is 19.1. The van der Waals surface area contributed by atoms with Crippen LogP contribution in [0.5, 0.6) is 0 Å². The van der Waals surface area contributed by atoms with E-state index in [9.17, 15) is 4.39 Å². The molecule has 0 bridgehead atoms. The Morgan fingerprint density at radius 3 is 2.50 bits per heavy atom. The van der Waals surface area contributed by atoms with E-state index in [1.165, 1.54) is 6.33 Å². The van der Waals surface area contributed by atoms with Gasteiger partial charge in [0.15, 0.2) is 5.82 Å². The summed E-state index contributed by atoms with van der Waals surface area (Å²) in [7, 11) is 0. The van der Waals surface area contributed by atoms with Crippen molar-refractivity contribution in [2.75, 3.05) is 0 Å². The topological polar surface area (TPSA) is 51.6 Å². The predicted octanol–water partition coefficient (Wildman–Crippen LogP) is 1.40. The second-order valence-electron chi connectivity index (χ2n) is 2.62. The van der Waals surface area contributed by atoms with Crippen molar-refractivity contribution in [3.05, 3.63) is 36.8 Å². The van der Waals surface area contributed by atoms with Crippen molar-refractivity contribution in [1.29, 1.82) is 0 Å². The number of aromatic nitrogens is 4. The van der Waals surface area contributed by atoms with Gasteiger partial charge in [0.05, 0.1) is 5.69 Å². The van der Waals surface area contributed by atoms with Gasteiger partial charge >= 0.3 is 0 Å². The van der Waals surface area contributed by atoms with Crippen molar-refractivity contribution < 1.29 is 4.39 Å². The molecule has 0 N–H and O–H groups in total. The molecular weight excluding hydrogens is 183 g/mol. The lowest BCUT2D eigenvalue weighted by molar-refractivity contribution is 0.465. The van der Waals surface area contributed by atoms with Gasteiger partial charge in [-0.25, -0.2) is 24.3 Å². The van der Waals surface area contributed by atoms with Crippen LogP contribution in [-0.2, 0) is 6.67 Å². The molecule has 14 heavy (non-hydrogen) atoms. The lowest BCUT2D eigenvalue weighted by atomic mass is 10.2. The lowest BCUT2D eigenvalue weighted by Gasteiger charge is -1.98. The molecule has 0 atom stereocenters. The molecule has 0 spiro atoms. The van der Waals surface area contributed by atoms with E-state index >= 15 is 0 Å². The molecule has 5 heteroatoms. The van der Waals surface area contributed by atoms with Crippen LogP contribution in [0, 0.1) is 0 Å². The largest absolute Gasteiger partial charge is 0.245 e. The van der Waals surface area contributed by atoms with Crippen LogP contribution < -0.4 is 0 Å². The molecule has 0 unspecified atom stereocenters. The van der Waals surface area contributed by atoms with E-state index in [1.54, 1.807) is 24.7 Å². The van der Waals surface area contributed by atoms with Crippen molar-refractivity contribution >= 4 is 0 Å². The van der Waals surface area contributed by atoms with Gasteiger partial charge in [-0.1, -0.05) is 0 Å². The Labute approximate surface area is 79.9 Å².